The highest BCUT2D eigenvalue weighted by Gasteiger charge is 2.32. The quantitative estimate of drug-likeness (QED) is 0.531. The Labute approximate surface area is 142 Å². The minimum atomic E-state index is -0.0000586. The van der Waals surface area contributed by atoms with Crippen molar-refractivity contribution in [2.45, 2.75) is 90.3 Å². The number of unbranched alkanes of at least 4 members (excludes halogenated alkanes) is 6. The SMILES string of the molecule is CCCCCCCCC[C@H]1CO[C@H](C2CCC(C#N)CC2)OC1. The van der Waals surface area contributed by atoms with E-state index in [9.17, 15) is 0 Å². The largest absolute Gasteiger partial charge is 0.352 e. The molecule has 1 heterocycles. The lowest BCUT2D eigenvalue weighted by atomic mass is 9.82. The summed E-state index contributed by atoms with van der Waals surface area (Å²) in [5.41, 5.74) is 0. The third-order valence-corrected chi connectivity index (χ3v) is 5.55. The molecule has 0 unspecified atom stereocenters. The van der Waals surface area contributed by atoms with Gasteiger partial charge in [0.1, 0.15) is 0 Å². The predicted octanol–water partition coefficient (Wildman–Crippen LogP) is 5.45. The molecule has 1 aliphatic heterocycles. The van der Waals surface area contributed by atoms with Crippen molar-refractivity contribution in [2.24, 2.45) is 17.8 Å². The fourth-order valence-corrected chi connectivity index (χ4v) is 3.91. The van der Waals surface area contributed by atoms with Gasteiger partial charge < -0.3 is 9.47 Å². The van der Waals surface area contributed by atoms with E-state index in [0.717, 1.165) is 38.9 Å². The summed E-state index contributed by atoms with van der Waals surface area (Å²) in [7, 11) is 0. The molecule has 0 aromatic carbocycles. The van der Waals surface area contributed by atoms with Crippen LogP contribution < -0.4 is 0 Å². The standard InChI is InChI=1S/C20H35NO2/c1-2-3-4-5-6-7-8-9-18-15-22-20(23-16-18)19-12-10-17(14-21)11-13-19/h17-20H,2-13,15-16H2,1H3/t17?,18-,19?,20-. The zero-order chi connectivity index (χ0) is 16.3. The van der Waals surface area contributed by atoms with Crippen LogP contribution in [0.4, 0.5) is 0 Å². The Hall–Kier alpha value is -0.590. The van der Waals surface area contributed by atoms with E-state index in [1.165, 1.54) is 51.4 Å². The summed E-state index contributed by atoms with van der Waals surface area (Å²) in [6, 6.07) is 2.40. The van der Waals surface area contributed by atoms with Crippen LogP contribution in [-0.4, -0.2) is 19.5 Å². The first-order valence-electron chi connectivity index (χ1n) is 9.96. The van der Waals surface area contributed by atoms with Gasteiger partial charge in [-0.25, -0.2) is 0 Å². The average molecular weight is 322 g/mol. The van der Waals surface area contributed by atoms with Gasteiger partial charge in [0.05, 0.1) is 19.3 Å². The van der Waals surface area contributed by atoms with Crippen LogP contribution in [0, 0.1) is 29.1 Å². The van der Waals surface area contributed by atoms with Crippen molar-refractivity contribution in [1.82, 2.24) is 0 Å². The number of ether oxygens (including phenoxy) is 2. The van der Waals surface area contributed by atoms with Crippen LogP contribution in [-0.2, 0) is 9.47 Å². The number of nitrogens with zero attached hydrogens (tertiary/aromatic N) is 1. The molecular weight excluding hydrogens is 286 g/mol. The molecule has 0 bridgehead atoms. The molecule has 23 heavy (non-hydrogen) atoms. The first-order chi connectivity index (χ1) is 11.3. The van der Waals surface area contributed by atoms with Crippen molar-refractivity contribution in [3.05, 3.63) is 0 Å². The summed E-state index contributed by atoms with van der Waals surface area (Å²) in [6.45, 7) is 4.02. The van der Waals surface area contributed by atoms with E-state index in [1.54, 1.807) is 0 Å². The Morgan fingerprint density at radius 3 is 2.09 bits per heavy atom. The molecule has 0 N–H and O–H groups in total. The molecule has 0 amide bonds. The lowest BCUT2D eigenvalue weighted by Crippen LogP contribution is -2.38. The van der Waals surface area contributed by atoms with Crippen LogP contribution in [0.15, 0.2) is 0 Å². The van der Waals surface area contributed by atoms with E-state index >= 15 is 0 Å². The minimum Gasteiger partial charge on any atom is -0.352 e. The topological polar surface area (TPSA) is 42.2 Å². The molecule has 1 saturated heterocycles. The smallest absolute Gasteiger partial charge is 0.160 e. The second kappa shape index (κ2) is 11.0. The van der Waals surface area contributed by atoms with Gasteiger partial charge in [0.15, 0.2) is 6.29 Å². The molecule has 3 nitrogen and oxygen atoms in total. The number of nitriles is 1. The van der Waals surface area contributed by atoms with Crippen LogP contribution in [0.2, 0.25) is 0 Å². The second-order valence-electron chi connectivity index (χ2n) is 7.55. The Morgan fingerprint density at radius 2 is 1.48 bits per heavy atom. The van der Waals surface area contributed by atoms with Crippen molar-refractivity contribution in [1.29, 1.82) is 5.26 Å². The van der Waals surface area contributed by atoms with E-state index in [-0.39, 0.29) is 12.2 Å². The van der Waals surface area contributed by atoms with Crippen LogP contribution in [0.5, 0.6) is 0 Å². The van der Waals surface area contributed by atoms with Gasteiger partial charge in [0.2, 0.25) is 0 Å². The molecular formula is C20H35NO2. The maximum Gasteiger partial charge on any atom is 0.160 e. The first kappa shape index (κ1) is 18.7. The molecule has 0 radical (unpaired) electrons. The fourth-order valence-electron chi connectivity index (χ4n) is 3.91. The summed E-state index contributed by atoms with van der Waals surface area (Å²) in [6.07, 6.45) is 15.1. The highest BCUT2D eigenvalue weighted by atomic mass is 16.7. The first-order valence-corrected chi connectivity index (χ1v) is 9.96. The highest BCUT2D eigenvalue weighted by molar-refractivity contribution is 4.88. The third kappa shape index (κ3) is 6.81. The van der Waals surface area contributed by atoms with Gasteiger partial charge >= 0.3 is 0 Å². The molecule has 0 aromatic heterocycles. The molecule has 0 atom stereocenters. The molecule has 2 aliphatic rings. The van der Waals surface area contributed by atoms with Gasteiger partial charge in [-0.15, -0.1) is 0 Å². The summed E-state index contributed by atoms with van der Waals surface area (Å²) >= 11 is 0. The van der Waals surface area contributed by atoms with Crippen molar-refractivity contribution >= 4 is 0 Å². The van der Waals surface area contributed by atoms with Gasteiger partial charge in [-0.1, -0.05) is 51.9 Å². The summed E-state index contributed by atoms with van der Waals surface area (Å²) in [5, 5.41) is 8.97. The van der Waals surface area contributed by atoms with Gasteiger partial charge in [0, 0.05) is 17.8 Å². The van der Waals surface area contributed by atoms with Crippen molar-refractivity contribution in [2.75, 3.05) is 13.2 Å². The van der Waals surface area contributed by atoms with Gasteiger partial charge in [-0.2, -0.15) is 5.26 Å². The minimum absolute atomic E-state index is 0.0000586. The summed E-state index contributed by atoms with van der Waals surface area (Å²) in [4.78, 5) is 0. The summed E-state index contributed by atoms with van der Waals surface area (Å²) in [5.74, 6) is 1.37. The number of rotatable bonds is 9. The maximum absolute atomic E-state index is 8.97. The third-order valence-electron chi connectivity index (χ3n) is 5.55. The van der Waals surface area contributed by atoms with E-state index in [4.69, 9.17) is 14.7 Å². The Balaban J connectivity index is 1.50. The Kier molecular flexibility index (Phi) is 9.01. The highest BCUT2D eigenvalue weighted by Crippen LogP contribution is 2.34. The maximum atomic E-state index is 8.97. The summed E-state index contributed by atoms with van der Waals surface area (Å²) < 4.78 is 12.0. The van der Waals surface area contributed by atoms with Crippen molar-refractivity contribution in [3.63, 3.8) is 0 Å². The van der Waals surface area contributed by atoms with Crippen LogP contribution in [0.25, 0.3) is 0 Å². The van der Waals surface area contributed by atoms with Gasteiger partial charge in [0.25, 0.3) is 0 Å². The van der Waals surface area contributed by atoms with Crippen LogP contribution >= 0.6 is 0 Å². The zero-order valence-electron chi connectivity index (χ0n) is 15.0. The molecule has 1 saturated carbocycles. The normalized spacial score (nSPS) is 31.7. The molecule has 3 heteroatoms. The lowest BCUT2D eigenvalue weighted by molar-refractivity contribution is -0.229. The molecule has 132 valence electrons. The Morgan fingerprint density at radius 1 is 0.870 bits per heavy atom. The number of hydrogen-bond donors (Lipinski definition) is 0. The second-order valence-corrected chi connectivity index (χ2v) is 7.55. The zero-order valence-corrected chi connectivity index (χ0v) is 15.0. The van der Waals surface area contributed by atoms with Crippen LogP contribution in [0.3, 0.4) is 0 Å². The van der Waals surface area contributed by atoms with Gasteiger partial charge in [-0.05, 0) is 32.1 Å². The lowest BCUT2D eigenvalue weighted by Gasteiger charge is -2.36. The van der Waals surface area contributed by atoms with E-state index in [1.807, 2.05) is 0 Å². The van der Waals surface area contributed by atoms with Crippen molar-refractivity contribution in [3.8, 4) is 6.07 Å². The van der Waals surface area contributed by atoms with E-state index < -0.39 is 0 Å². The van der Waals surface area contributed by atoms with E-state index in [2.05, 4.69) is 13.0 Å². The van der Waals surface area contributed by atoms with Gasteiger partial charge in [-0.3, -0.25) is 0 Å². The molecule has 2 fully saturated rings. The van der Waals surface area contributed by atoms with Crippen LogP contribution in [0.1, 0.15) is 84.0 Å². The number of hydrogen-bond acceptors (Lipinski definition) is 3. The molecule has 1 aliphatic carbocycles. The predicted molar refractivity (Wildman–Crippen MR) is 92.9 cm³/mol. The fraction of sp³-hybridized carbons (Fsp3) is 0.950. The average Bonchev–Trinajstić information content (AvgIpc) is 2.61. The molecule has 2 rings (SSSR count). The monoisotopic (exact) mass is 321 g/mol. The molecule has 0 spiro atoms. The van der Waals surface area contributed by atoms with E-state index in [0.29, 0.717) is 11.8 Å². The Bertz CT molecular complexity index is 336. The molecule has 0 aromatic rings. The van der Waals surface area contributed by atoms with Crippen molar-refractivity contribution < 1.29 is 9.47 Å².